The Bertz CT molecular complexity index is 787. The van der Waals surface area contributed by atoms with Crippen molar-refractivity contribution in [1.29, 1.82) is 0 Å². The maximum absolute atomic E-state index is 12.6. The molecule has 1 aromatic rings. The normalized spacial score (nSPS) is 19.2. The monoisotopic (exact) mass is 563 g/mol. The highest BCUT2D eigenvalue weighted by Gasteiger charge is 2.26. The fraction of sp³-hybridized carbons (Fsp3) is 0.682. The molecule has 3 rings (SSSR count). The average Bonchev–Trinajstić information content (AvgIpc) is 3.31. The van der Waals surface area contributed by atoms with Crippen molar-refractivity contribution < 1.29 is 8.42 Å². The van der Waals surface area contributed by atoms with Crippen molar-refractivity contribution in [2.24, 2.45) is 10.9 Å². The van der Waals surface area contributed by atoms with E-state index in [9.17, 15) is 8.42 Å². The SMILES string of the molecule is CN=C(NCCCN1CCC(C)CC1)NCc1ccc(S(=O)(=O)N2CCCC2)cc1.I. The predicted molar refractivity (Wildman–Crippen MR) is 138 cm³/mol. The standard InChI is InChI=1S/C22H37N5O2S.HI/c1-19-10-16-26(17-11-19)13-5-12-24-22(23-2)25-18-20-6-8-21(9-7-20)30(28,29)27-14-3-4-15-27;/h6-9,19H,3-5,10-18H2,1-2H3,(H2,23,24,25);1H. The molecular weight excluding hydrogens is 525 g/mol. The van der Waals surface area contributed by atoms with Crippen LogP contribution in [0.5, 0.6) is 0 Å². The van der Waals surface area contributed by atoms with E-state index in [2.05, 4.69) is 27.4 Å². The summed E-state index contributed by atoms with van der Waals surface area (Å²) in [4.78, 5) is 7.21. The number of piperidine rings is 1. The van der Waals surface area contributed by atoms with Gasteiger partial charge < -0.3 is 15.5 Å². The first kappa shape index (κ1) is 26.3. The van der Waals surface area contributed by atoms with Gasteiger partial charge in [-0.15, -0.1) is 24.0 Å². The van der Waals surface area contributed by atoms with Crippen LogP contribution in [0.25, 0.3) is 0 Å². The smallest absolute Gasteiger partial charge is 0.243 e. The van der Waals surface area contributed by atoms with Crippen molar-refractivity contribution in [2.75, 3.05) is 46.3 Å². The minimum absolute atomic E-state index is 0. The van der Waals surface area contributed by atoms with E-state index in [0.717, 1.165) is 49.8 Å². The van der Waals surface area contributed by atoms with Gasteiger partial charge in [-0.1, -0.05) is 19.1 Å². The number of rotatable bonds is 8. The summed E-state index contributed by atoms with van der Waals surface area (Å²) in [5.74, 6) is 1.65. The summed E-state index contributed by atoms with van der Waals surface area (Å²) in [6, 6.07) is 7.17. The number of benzene rings is 1. The number of guanidine groups is 1. The zero-order valence-corrected chi connectivity index (χ0v) is 22.0. The molecule has 176 valence electrons. The van der Waals surface area contributed by atoms with Gasteiger partial charge in [0.2, 0.25) is 10.0 Å². The van der Waals surface area contributed by atoms with Crippen molar-refractivity contribution in [1.82, 2.24) is 19.8 Å². The van der Waals surface area contributed by atoms with Crippen molar-refractivity contribution in [3.05, 3.63) is 29.8 Å². The maximum Gasteiger partial charge on any atom is 0.243 e. The first-order valence-corrected chi connectivity index (χ1v) is 12.7. The minimum atomic E-state index is -3.35. The molecule has 2 N–H and O–H groups in total. The van der Waals surface area contributed by atoms with Gasteiger partial charge in [0, 0.05) is 33.2 Å². The number of aliphatic imine (C=N–C) groups is 1. The van der Waals surface area contributed by atoms with Crippen LogP contribution in [0, 0.1) is 5.92 Å². The Balaban J connectivity index is 0.00000341. The van der Waals surface area contributed by atoms with Gasteiger partial charge >= 0.3 is 0 Å². The number of halogens is 1. The molecule has 0 aliphatic carbocycles. The third kappa shape index (κ3) is 7.87. The summed E-state index contributed by atoms with van der Waals surface area (Å²) in [6.45, 7) is 8.66. The van der Waals surface area contributed by atoms with E-state index in [1.165, 1.54) is 25.9 Å². The van der Waals surface area contributed by atoms with E-state index in [4.69, 9.17) is 0 Å². The molecule has 9 heteroatoms. The second kappa shape index (κ2) is 13.0. The number of hydrogen-bond acceptors (Lipinski definition) is 4. The third-order valence-corrected chi connectivity index (χ3v) is 8.04. The molecular formula is C22H38IN5O2S. The van der Waals surface area contributed by atoms with Crippen LogP contribution < -0.4 is 10.6 Å². The molecule has 0 aromatic heterocycles. The maximum atomic E-state index is 12.6. The Morgan fingerprint density at radius 2 is 1.71 bits per heavy atom. The zero-order valence-electron chi connectivity index (χ0n) is 18.8. The van der Waals surface area contributed by atoms with E-state index in [-0.39, 0.29) is 24.0 Å². The largest absolute Gasteiger partial charge is 0.356 e. The van der Waals surface area contributed by atoms with Crippen molar-refractivity contribution in [3.8, 4) is 0 Å². The van der Waals surface area contributed by atoms with Gasteiger partial charge in [-0.3, -0.25) is 4.99 Å². The van der Waals surface area contributed by atoms with Crippen LogP contribution in [-0.2, 0) is 16.6 Å². The Hall–Kier alpha value is -0.910. The second-order valence-corrected chi connectivity index (χ2v) is 10.4. The van der Waals surface area contributed by atoms with Crippen LogP contribution in [0.15, 0.2) is 34.2 Å². The molecule has 0 spiro atoms. The molecule has 0 amide bonds. The topological polar surface area (TPSA) is 77.0 Å². The first-order chi connectivity index (χ1) is 14.5. The van der Waals surface area contributed by atoms with E-state index in [1.807, 2.05) is 12.1 Å². The van der Waals surface area contributed by atoms with Crippen molar-refractivity contribution in [2.45, 2.75) is 50.5 Å². The van der Waals surface area contributed by atoms with Crippen LogP contribution in [0.2, 0.25) is 0 Å². The van der Waals surface area contributed by atoms with Gasteiger partial charge in [-0.25, -0.2) is 8.42 Å². The van der Waals surface area contributed by atoms with Crippen LogP contribution in [0.1, 0.15) is 44.6 Å². The summed E-state index contributed by atoms with van der Waals surface area (Å²) in [5.41, 5.74) is 1.03. The van der Waals surface area contributed by atoms with Gasteiger partial charge in [-0.2, -0.15) is 4.31 Å². The van der Waals surface area contributed by atoms with Gasteiger partial charge in [0.15, 0.2) is 5.96 Å². The molecule has 7 nitrogen and oxygen atoms in total. The van der Waals surface area contributed by atoms with Crippen molar-refractivity contribution in [3.63, 3.8) is 0 Å². The van der Waals surface area contributed by atoms with E-state index in [0.29, 0.717) is 24.5 Å². The van der Waals surface area contributed by atoms with Crippen molar-refractivity contribution >= 4 is 40.0 Å². The molecule has 1 aromatic carbocycles. The van der Waals surface area contributed by atoms with Crippen LogP contribution in [-0.4, -0.2) is 69.9 Å². The molecule has 2 aliphatic rings. The number of sulfonamides is 1. The summed E-state index contributed by atoms with van der Waals surface area (Å²) in [6.07, 6.45) is 5.62. The van der Waals surface area contributed by atoms with E-state index >= 15 is 0 Å². The number of hydrogen-bond donors (Lipinski definition) is 2. The highest BCUT2D eigenvalue weighted by atomic mass is 127. The molecule has 2 heterocycles. The average molecular weight is 564 g/mol. The quantitative estimate of drug-likeness (QED) is 0.220. The molecule has 0 atom stereocenters. The summed E-state index contributed by atoms with van der Waals surface area (Å²) in [7, 11) is -1.58. The Morgan fingerprint density at radius 1 is 1.06 bits per heavy atom. The van der Waals surface area contributed by atoms with Crippen LogP contribution >= 0.6 is 24.0 Å². The molecule has 31 heavy (non-hydrogen) atoms. The predicted octanol–water partition coefficient (Wildman–Crippen LogP) is 2.88. The molecule has 0 bridgehead atoms. The second-order valence-electron chi connectivity index (χ2n) is 8.49. The number of nitrogens with one attached hydrogen (secondary N) is 2. The molecule has 2 saturated heterocycles. The third-order valence-electron chi connectivity index (χ3n) is 6.13. The van der Waals surface area contributed by atoms with Crippen LogP contribution in [0.4, 0.5) is 0 Å². The fourth-order valence-electron chi connectivity index (χ4n) is 4.06. The lowest BCUT2D eigenvalue weighted by Gasteiger charge is -2.30. The highest BCUT2D eigenvalue weighted by molar-refractivity contribution is 14.0. The lowest BCUT2D eigenvalue weighted by atomic mass is 9.99. The Labute approximate surface area is 205 Å². The number of nitrogens with zero attached hydrogens (tertiary/aromatic N) is 3. The van der Waals surface area contributed by atoms with Gasteiger partial charge in [0.1, 0.15) is 0 Å². The highest BCUT2D eigenvalue weighted by Crippen LogP contribution is 2.21. The lowest BCUT2D eigenvalue weighted by Crippen LogP contribution is -2.39. The summed E-state index contributed by atoms with van der Waals surface area (Å²) < 4.78 is 26.8. The molecule has 0 unspecified atom stereocenters. The van der Waals surface area contributed by atoms with Gasteiger partial charge in [-0.05, 0) is 75.4 Å². The summed E-state index contributed by atoms with van der Waals surface area (Å²) in [5, 5.41) is 6.68. The van der Waals surface area contributed by atoms with Gasteiger partial charge in [0.25, 0.3) is 0 Å². The van der Waals surface area contributed by atoms with Gasteiger partial charge in [0.05, 0.1) is 4.90 Å². The molecule has 0 saturated carbocycles. The van der Waals surface area contributed by atoms with E-state index < -0.39 is 10.0 Å². The fourth-order valence-corrected chi connectivity index (χ4v) is 5.58. The van der Waals surface area contributed by atoms with Crippen LogP contribution in [0.3, 0.4) is 0 Å². The first-order valence-electron chi connectivity index (χ1n) is 11.2. The number of likely N-dealkylation sites (tertiary alicyclic amines) is 1. The Kier molecular flexibility index (Phi) is 11.0. The molecule has 0 radical (unpaired) electrons. The molecule has 2 fully saturated rings. The Morgan fingerprint density at radius 3 is 2.32 bits per heavy atom. The zero-order chi connectivity index (χ0) is 21.4. The lowest BCUT2D eigenvalue weighted by molar-refractivity contribution is 0.191. The summed E-state index contributed by atoms with van der Waals surface area (Å²) >= 11 is 0. The van der Waals surface area contributed by atoms with E-state index in [1.54, 1.807) is 23.5 Å². The molecule has 2 aliphatic heterocycles. The minimum Gasteiger partial charge on any atom is -0.356 e.